The summed E-state index contributed by atoms with van der Waals surface area (Å²) >= 11 is 6.78. The topological polar surface area (TPSA) is 103 Å². The van der Waals surface area contributed by atoms with E-state index in [2.05, 4.69) is 20.2 Å². The number of hydrogen-bond donors (Lipinski definition) is 2. The molecule has 0 spiro atoms. The summed E-state index contributed by atoms with van der Waals surface area (Å²) in [6, 6.07) is 0. The molecule has 2 heterocycles. The molecule has 0 aliphatic carbocycles. The Labute approximate surface area is 112 Å². The number of nitrogen functional groups attached to an aromatic ring is 1. The Bertz CT molecular complexity index is 507. The van der Waals surface area contributed by atoms with Crippen molar-refractivity contribution in [2.75, 3.05) is 17.5 Å². The molecule has 2 aromatic heterocycles. The van der Waals surface area contributed by atoms with Gasteiger partial charge in [0.25, 0.3) is 0 Å². The predicted octanol–water partition coefficient (Wildman–Crippen LogP) is 0.141. The van der Waals surface area contributed by atoms with Crippen molar-refractivity contribution in [1.82, 2.24) is 24.8 Å². The fraction of sp³-hybridized carbons (Fsp3) is 0.333. The Kier molecular flexibility index (Phi) is 4.34. The van der Waals surface area contributed by atoms with E-state index in [1.165, 1.54) is 16.4 Å². The minimum atomic E-state index is -0.603. The van der Waals surface area contributed by atoms with E-state index in [1.54, 1.807) is 18.6 Å². The van der Waals surface area contributed by atoms with E-state index in [4.69, 9.17) is 17.4 Å². The molecule has 0 saturated heterocycles. The number of aromatic nitrogens is 5. The lowest BCUT2D eigenvalue weighted by atomic mass is 10.4. The van der Waals surface area contributed by atoms with Crippen LogP contribution in [-0.4, -0.2) is 47.7 Å². The van der Waals surface area contributed by atoms with Crippen LogP contribution >= 0.6 is 23.4 Å². The van der Waals surface area contributed by atoms with Gasteiger partial charge in [-0.15, -0.1) is 21.8 Å². The smallest absolute Gasteiger partial charge is 0.210 e. The van der Waals surface area contributed by atoms with Crippen LogP contribution in [0.25, 0.3) is 11.5 Å². The average molecular weight is 287 g/mol. The maximum Gasteiger partial charge on any atom is 0.210 e. The zero-order valence-corrected chi connectivity index (χ0v) is 10.8. The van der Waals surface area contributed by atoms with Crippen LogP contribution in [0.5, 0.6) is 0 Å². The van der Waals surface area contributed by atoms with Crippen molar-refractivity contribution < 1.29 is 5.11 Å². The van der Waals surface area contributed by atoms with Crippen LogP contribution in [0.15, 0.2) is 23.7 Å². The molecule has 0 aliphatic rings. The lowest BCUT2D eigenvalue weighted by molar-refractivity contribution is 0.223. The Hall–Kier alpha value is -1.38. The van der Waals surface area contributed by atoms with Gasteiger partial charge in [-0.25, -0.2) is 9.66 Å². The highest BCUT2D eigenvalue weighted by molar-refractivity contribution is 7.99. The summed E-state index contributed by atoms with van der Waals surface area (Å²) in [6.07, 6.45) is 4.06. The molecule has 0 aromatic carbocycles. The molecule has 0 saturated carbocycles. The minimum Gasteiger partial charge on any atom is -0.391 e. The summed E-state index contributed by atoms with van der Waals surface area (Å²) in [4.78, 5) is 8.02. The summed E-state index contributed by atoms with van der Waals surface area (Å²) in [5.41, 5.74) is 0.539. The van der Waals surface area contributed by atoms with Crippen molar-refractivity contribution in [3.8, 4) is 11.5 Å². The number of hydrogen-bond acceptors (Lipinski definition) is 7. The summed E-state index contributed by atoms with van der Waals surface area (Å²) in [5.74, 6) is 6.85. The highest BCUT2D eigenvalue weighted by Crippen LogP contribution is 2.20. The standard InChI is InChI=1S/C9H11ClN6OS/c10-3-6(17)5-18-9-15-14-8(16(9)11)7-4-12-1-2-13-7/h1-2,4,6,17H,3,5,11H2. The second-order valence-electron chi connectivity index (χ2n) is 3.39. The Balaban J connectivity index is 2.14. The van der Waals surface area contributed by atoms with Crippen molar-refractivity contribution in [2.45, 2.75) is 11.3 Å². The second-order valence-corrected chi connectivity index (χ2v) is 4.68. The molecule has 0 bridgehead atoms. The SMILES string of the molecule is Nn1c(SCC(O)CCl)nnc1-c1cnccn1. The number of aliphatic hydroxyl groups excluding tert-OH is 1. The van der Waals surface area contributed by atoms with Crippen molar-refractivity contribution in [3.63, 3.8) is 0 Å². The van der Waals surface area contributed by atoms with E-state index in [9.17, 15) is 5.11 Å². The first kappa shape index (κ1) is 13.1. The third kappa shape index (κ3) is 2.89. The van der Waals surface area contributed by atoms with Gasteiger partial charge in [0, 0.05) is 24.0 Å². The summed E-state index contributed by atoms with van der Waals surface area (Å²) in [5, 5.41) is 17.7. The van der Waals surface area contributed by atoms with E-state index in [-0.39, 0.29) is 5.88 Å². The molecule has 0 aliphatic heterocycles. The largest absolute Gasteiger partial charge is 0.391 e. The van der Waals surface area contributed by atoms with Gasteiger partial charge in [0.15, 0.2) is 0 Å². The third-order valence-electron chi connectivity index (χ3n) is 2.04. The molecule has 3 N–H and O–H groups in total. The van der Waals surface area contributed by atoms with Crippen LogP contribution in [0.3, 0.4) is 0 Å². The molecule has 18 heavy (non-hydrogen) atoms. The number of aliphatic hydroxyl groups is 1. The van der Waals surface area contributed by atoms with Crippen LogP contribution in [0.1, 0.15) is 0 Å². The van der Waals surface area contributed by atoms with Gasteiger partial charge in [0.05, 0.1) is 12.3 Å². The molecule has 1 unspecified atom stereocenters. The van der Waals surface area contributed by atoms with Crippen LogP contribution in [0.2, 0.25) is 0 Å². The monoisotopic (exact) mass is 286 g/mol. The summed E-state index contributed by atoms with van der Waals surface area (Å²) in [7, 11) is 0. The van der Waals surface area contributed by atoms with Gasteiger partial charge in [0.1, 0.15) is 5.69 Å². The van der Waals surface area contributed by atoms with Gasteiger partial charge in [-0.05, 0) is 0 Å². The van der Waals surface area contributed by atoms with Crippen LogP contribution in [0.4, 0.5) is 0 Å². The van der Waals surface area contributed by atoms with Gasteiger partial charge >= 0.3 is 0 Å². The first-order valence-corrected chi connectivity index (χ1v) is 6.58. The molecule has 0 radical (unpaired) electrons. The van der Waals surface area contributed by atoms with Crippen molar-refractivity contribution >= 4 is 23.4 Å². The first-order chi connectivity index (χ1) is 8.72. The normalized spacial score (nSPS) is 12.6. The third-order valence-corrected chi connectivity index (χ3v) is 3.48. The zero-order valence-electron chi connectivity index (χ0n) is 9.27. The number of nitrogens with zero attached hydrogens (tertiary/aromatic N) is 5. The fourth-order valence-corrected chi connectivity index (χ4v) is 2.20. The van der Waals surface area contributed by atoms with E-state index in [0.717, 1.165) is 0 Å². The van der Waals surface area contributed by atoms with Crippen LogP contribution < -0.4 is 5.84 Å². The average Bonchev–Trinajstić information content (AvgIpc) is 2.78. The summed E-state index contributed by atoms with van der Waals surface area (Å²) in [6.45, 7) is 0. The maximum atomic E-state index is 9.36. The maximum absolute atomic E-state index is 9.36. The number of rotatable bonds is 5. The highest BCUT2D eigenvalue weighted by Gasteiger charge is 2.14. The van der Waals surface area contributed by atoms with Crippen molar-refractivity contribution in [3.05, 3.63) is 18.6 Å². The van der Waals surface area contributed by atoms with Gasteiger partial charge in [-0.3, -0.25) is 4.98 Å². The zero-order chi connectivity index (χ0) is 13.0. The lowest BCUT2D eigenvalue weighted by Gasteiger charge is -2.05. The second kappa shape index (κ2) is 5.98. The molecule has 1 atom stereocenters. The van der Waals surface area contributed by atoms with Crippen LogP contribution in [0, 0.1) is 0 Å². The number of nitrogens with two attached hydrogens (primary N) is 1. The molecule has 7 nitrogen and oxygen atoms in total. The molecule has 0 fully saturated rings. The Morgan fingerprint density at radius 1 is 1.44 bits per heavy atom. The van der Waals surface area contributed by atoms with Gasteiger partial charge in [-0.2, -0.15) is 0 Å². The predicted molar refractivity (Wildman–Crippen MR) is 68.6 cm³/mol. The molecular weight excluding hydrogens is 276 g/mol. The van der Waals surface area contributed by atoms with E-state index < -0.39 is 6.10 Å². The fourth-order valence-electron chi connectivity index (χ4n) is 1.18. The van der Waals surface area contributed by atoms with Crippen molar-refractivity contribution in [2.24, 2.45) is 0 Å². The van der Waals surface area contributed by atoms with Crippen LogP contribution in [-0.2, 0) is 0 Å². The molecule has 0 amide bonds. The van der Waals surface area contributed by atoms with E-state index >= 15 is 0 Å². The Morgan fingerprint density at radius 3 is 2.94 bits per heavy atom. The molecular formula is C9H11ClN6OS. The quantitative estimate of drug-likeness (QED) is 0.458. The van der Waals surface area contributed by atoms with Gasteiger partial charge in [-0.1, -0.05) is 11.8 Å². The highest BCUT2D eigenvalue weighted by atomic mass is 35.5. The molecule has 9 heteroatoms. The Morgan fingerprint density at radius 2 is 2.28 bits per heavy atom. The number of halogens is 1. The van der Waals surface area contributed by atoms with E-state index in [1.807, 2.05) is 0 Å². The number of thioether (sulfide) groups is 1. The molecule has 2 aromatic rings. The van der Waals surface area contributed by atoms with E-state index in [0.29, 0.717) is 22.4 Å². The molecule has 2 rings (SSSR count). The minimum absolute atomic E-state index is 0.169. The van der Waals surface area contributed by atoms with Crippen molar-refractivity contribution in [1.29, 1.82) is 0 Å². The van der Waals surface area contributed by atoms with Gasteiger partial charge in [0.2, 0.25) is 11.0 Å². The summed E-state index contributed by atoms with van der Waals surface area (Å²) < 4.78 is 1.32. The number of alkyl halides is 1. The first-order valence-electron chi connectivity index (χ1n) is 5.06. The van der Waals surface area contributed by atoms with Gasteiger partial charge < -0.3 is 10.9 Å². The molecule has 96 valence electrons. The lowest BCUT2D eigenvalue weighted by Crippen LogP contribution is -2.15.